The molecule has 0 saturated carbocycles. The predicted octanol–water partition coefficient (Wildman–Crippen LogP) is 0.239. The topological polar surface area (TPSA) is 52.9 Å². The lowest BCUT2D eigenvalue weighted by Gasteiger charge is -2.18. The number of nitrogens with zero attached hydrogens (tertiary/aromatic N) is 2. The van der Waals surface area contributed by atoms with Crippen molar-refractivity contribution in [1.29, 1.82) is 0 Å². The van der Waals surface area contributed by atoms with Crippen molar-refractivity contribution < 1.29 is 9.90 Å². The van der Waals surface area contributed by atoms with Gasteiger partial charge in [0.05, 0.1) is 18.5 Å². The highest BCUT2D eigenvalue weighted by Crippen LogP contribution is 2.17. The summed E-state index contributed by atoms with van der Waals surface area (Å²) in [5.41, 5.74) is 1.33. The van der Waals surface area contributed by atoms with Crippen LogP contribution in [0.5, 0.6) is 0 Å². The van der Waals surface area contributed by atoms with Gasteiger partial charge < -0.3 is 10.0 Å². The number of fused-ring (bicyclic) bond motifs is 1. The van der Waals surface area contributed by atoms with E-state index in [1.807, 2.05) is 4.90 Å². The third-order valence-corrected chi connectivity index (χ3v) is 1.92. The molecule has 2 rings (SSSR count). The van der Waals surface area contributed by atoms with Gasteiger partial charge in [0.2, 0.25) is 0 Å². The van der Waals surface area contributed by atoms with Gasteiger partial charge in [0.15, 0.2) is 0 Å². The number of hydrogen-bond acceptors (Lipinski definition) is 3. The SMILES string of the molecule is O=C(O)C1=CCN2C=NCC2=C1. The first kappa shape index (κ1) is 7.09. The molecule has 0 radical (unpaired) electrons. The van der Waals surface area contributed by atoms with Crippen molar-refractivity contribution in [3.63, 3.8) is 0 Å². The summed E-state index contributed by atoms with van der Waals surface area (Å²) in [5.74, 6) is -0.867. The van der Waals surface area contributed by atoms with Gasteiger partial charge in [-0.05, 0) is 6.08 Å². The summed E-state index contributed by atoms with van der Waals surface area (Å²) in [4.78, 5) is 16.5. The molecule has 62 valence electrons. The van der Waals surface area contributed by atoms with Gasteiger partial charge in [-0.2, -0.15) is 0 Å². The van der Waals surface area contributed by atoms with Crippen LogP contribution in [0.3, 0.4) is 0 Å². The molecule has 1 N–H and O–H groups in total. The Hall–Kier alpha value is -1.58. The van der Waals surface area contributed by atoms with Crippen LogP contribution < -0.4 is 0 Å². The lowest BCUT2D eigenvalue weighted by molar-refractivity contribution is -0.132. The van der Waals surface area contributed by atoms with Crippen molar-refractivity contribution in [2.45, 2.75) is 0 Å². The van der Waals surface area contributed by atoms with E-state index in [0.29, 0.717) is 18.7 Å². The summed E-state index contributed by atoms with van der Waals surface area (Å²) in [7, 11) is 0. The summed E-state index contributed by atoms with van der Waals surface area (Å²) in [6.07, 6.45) is 5.09. The van der Waals surface area contributed by atoms with E-state index < -0.39 is 5.97 Å². The van der Waals surface area contributed by atoms with Crippen LogP contribution in [0.2, 0.25) is 0 Å². The van der Waals surface area contributed by atoms with Gasteiger partial charge in [-0.25, -0.2) is 4.79 Å². The number of hydrogen-bond donors (Lipinski definition) is 1. The van der Waals surface area contributed by atoms with Crippen LogP contribution in [0.1, 0.15) is 0 Å². The van der Waals surface area contributed by atoms with Crippen LogP contribution in [0, 0.1) is 0 Å². The van der Waals surface area contributed by atoms with Crippen LogP contribution >= 0.6 is 0 Å². The van der Waals surface area contributed by atoms with Crippen LogP contribution in [0.4, 0.5) is 0 Å². The highest BCUT2D eigenvalue weighted by molar-refractivity contribution is 5.90. The number of carboxylic acids is 1. The van der Waals surface area contributed by atoms with Crippen molar-refractivity contribution in [1.82, 2.24) is 4.90 Å². The van der Waals surface area contributed by atoms with Crippen molar-refractivity contribution in [3.05, 3.63) is 23.4 Å². The average Bonchev–Trinajstić information content (AvgIpc) is 2.49. The third kappa shape index (κ3) is 1.01. The summed E-state index contributed by atoms with van der Waals surface area (Å²) >= 11 is 0. The maximum atomic E-state index is 10.6. The van der Waals surface area contributed by atoms with Gasteiger partial charge in [0.25, 0.3) is 0 Å². The molecule has 0 aromatic heterocycles. The fourth-order valence-electron chi connectivity index (χ4n) is 1.28. The molecule has 0 bridgehead atoms. The second-order valence-corrected chi connectivity index (χ2v) is 2.71. The molecule has 0 aliphatic carbocycles. The fraction of sp³-hybridized carbons (Fsp3) is 0.250. The maximum absolute atomic E-state index is 10.6. The van der Waals surface area contributed by atoms with Crippen molar-refractivity contribution >= 4 is 12.3 Å². The van der Waals surface area contributed by atoms with E-state index in [9.17, 15) is 4.79 Å². The van der Waals surface area contributed by atoms with Crippen LogP contribution in [-0.4, -0.2) is 35.4 Å². The van der Waals surface area contributed by atoms with E-state index in [0.717, 1.165) is 5.70 Å². The number of carbonyl (C=O) groups is 1. The minimum Gasteiger partial charge on any atom is -0.478 e. The third-order valence-electron chi connectivity index (χ3n) is 1.92. The maximum Gasteiger partial charge on any atom is 0.335 e. The van der Waals surface area contributed by atoms with E-state index in [1.54, 1.807) is 18.5 Å². The van der Waals surface area contributed by atoms with E-state index in [4.69, 9.17) is 5.11 Å². The summed E-state index contributed by atoms with van der Waals surface area (Å²) in [6, 6.07) is 0. The Balaban J connectivity index is 2.25. The number of aliphatic carboxylic acids is 1. The minimum absolute atomic E-state index is 0.367. The second kappa shape index (κ2) is 2.48. The van der Waals surface area contributed by atoms with Gasteiger partial charge in [0.1, 0.15) is 0 Å². The summed E-state index contributed by atoms with van der Waals surface area (Å²) < 4.78 is 0. The van der Waals surface area contributed by atoms with Crippen LogP contribution in [0.25, 0.3) is 0 Å². The Morgan fingerprint density at radius 3 is 3.25 bits per heavy atom. The molecular formula is C8H8N2O2. The fourth-order valence-corrected chi connectivity index (χ4v) is 1.28. The van der Waals surface area contributed by atoms with Crippen molar-refractivity contribution in [3.8, 4) is 0 Å². The highest BCUT2D eigenvalue weighted by Gasteiger charge is 2.18. The first-order valence-electron chi connectivity index (χ1n) is 3.68. The van der Waals surface area contributed by atoms with Gasteiger partial charge in [-0.3, -0.25) is 4.99 Å². The minimum atomic E-state index is -0.867. The van der Waals surface area contributed by atoms with E-state index in [1.165, 1.54) is 0 Å². The van der Waals surface area contributed by atoms with Gasteiger partial charge >= 0.3 is 5.97 Å². The zero-order valence-corrected chi connectivity index (χ0v) is 6.40. The molecule has 0 aromatic carbocycles. The number of rotatable bonds is 1. The largest absolute Gasteiger partial charge is 0.478 e. The lowest BCUT2D eigenvalue weighted by atomic mass is 10.1. The van der Waals surface area contributed by atoms with Crippen molar-refractivity contribution in [2.75, 3.05) is 13.1 Å². The second-order valence-electron chi connectivity index (χ2n) is 2.71. The normalized spacial score (nSPS) is 20.2. The summed E-state index contributed by atoms with van der Waals surface area (Å²) in [5, 5.41) is 8.69. The molecule has 0 fully saturated rings. The first-order valence-corrected chi connectivity index (χ1v) is 3.68. The average molecular weight is 164 g/mol. The zero-order chi connectivity index (χ0) is 8.55. The molecular weight excluding hydrogens is 156 g/mol. The standard InChI is InChI=1S/C8H8N2O2/c11-8(12)6-1-2-10-5-9-4-7(10)3-6/h1,3,5H,2,4H2,(H,11,12). The molecule has 0 unspecified atom stereocenters. The molecule has 0 spiro atoms. The Morgan fingerprint density at radius 2 is 2.50 bits per heavy atom. The molecule has 2 aliphatic rings. The van der Waals surface area contributed by atoms with E-state index in [2.05, 4.69) is 4.99 Å². The zero-order valence-electron chi connectivity index (χ0n) is 6.40. The predicted molar refractivity (Wildman–Crippen MR) is 43.9 cm³/mol. The van der Waals surface area contributed by atoms with Crippen molar-refractivity contribution in [2.24, 2.45) is 4.99 Å². The molecule has 12 heavy (non-hydrogen) atoms. The molecule has 4 heteroatoms. The number of carboxylic acid groups (broad SMARTS) is 1. The molecule has 0 saturated heterocycles. The molecule has 0 aromatic rings. The molecule has 2 heterocycles. The highest BCUT2D eigenvalue weighted by atomic mass is 16.4. The number of aliphatic imine (C=N–C) groups is 1. The Bertz CT molecular complexity index is 315. The molecule has 2 aliphatic heterocycles. The van der Waals surface area contributed by atoms with Crippen LogP contribution in [-0.2, 0) is 4.79 Å². The van der Waals surface area contributed by atoms with Gasteiger partial charge in [-0.15, -0.1) is 0 Å². The molecule has 4 nitrogen and oxygen atoms in total. The summed E-state index contributed by atoms with van der Waals surface area (Å²) in [6.45, 7) is 1.22. The Labute approximate surface area is 69.5 Å². The van der Waals surface area contributed by atoms with E-state index in [-0.39, 0.29) is 0 Å². The molecule has 0 amide bonds. The van der Waals surface area contributed by atoms with Crippen LogP contribution in [0.15, 0.2) is 28.4 Å². The van der Waals surface area contributed by atoms with Gasteiger partial charge in [-0.1, -0.05) is 6.08 Å². The lowest BCUT2D eigenvalue weighted by Crippen LogP contribution is -2.22. The Morgan fingerprint density at radius 1 is 1.67 bits per heavy atom. The molecule has 0 atom stereocenters. The quantitative estimate of drug-likeness (QED) is 0.604. The monoisotopic (exact) mass is 164 g/mol. The Kier molecular flexibility index (Phi) is 1.46. The smallest absolute Gasteiger partial charge is 0.335 e. The van der Waals surface area contributed by atoms with E-state index >= 15 is 0 Å². The first-order chi connectivity index (χ1) is 5.77. The van der Waals surface area contributed by atoms with Gasteiger partial charge in [0, 0.05) is 12.2 Å².